The van der Waals surface area contributed by atoms with Gasteiger partial charge in [-0.3, -0.25) is 0 Å². The van der Waals surface area contributed by atoms with Crippen LogP contribution in [0.15, 0.2) is 0 Å². The van der Waals surface area contributed by atoms with Gasteiger partial charge in [-0.2, -0.15) is 5.26 Å². The topological polar surface area (TPSA) is 23.8 Å². The summed E-state index contributed by atoms with van der Waals surface area (Å²) in [5.74, 6) is 0.206. The van der Waals surface area contributed by atoms with Crippen LogP contribution in [0.25, 0.3) is 0 Å². The highest BCUT2D eigenvalue weighted by Crippen LogP contribution is 2.27. The fourth-order valence-electron chi connectivity index (χ4n) is 0.897. The van der Waals surface area contributed by atoms with Gasteiger partial charge in [-0.15, -0.1) is 0 Å². The van der Waals surface area contributed by atoms with Crippen molar-refractivity contribution < 1.29 is 0 Å². The summed E-state index contributed by atoms with van der Waals surface area (Å²) in [6.45, 7) is 8.36. The first kappa shape index (κ1) is 8.49. The molecule has 0 N–H and O–H groups in total. The third kappa shape index (κ3) is 2.51. The summed E-state index contributed by atoms with van der Waals surface area (Å²) < 4.78 is 0. The molecular weight excluding hydrogens is 110 g/mol. The first-order chi connectivity index (χ1) is 4.02. The maximum Gasteiger partial charge on any atom is 0.0661 e. The van der Waals surface area contributed by atoms with Crippen LogP contribution in [0, 0.1) is 22.7 Å². The van der Waals surface area contributed by atoms with Crippen molar-refractivity contribution in [3.8, 4) is 6.07 Å². The Labute approximate surface area is 57.7 Å². The number of nitrogens with zero attached hydrogens (tertiary/aromatic N) is 1. The van der Waals surface area contributed by atoms with Gasteiger partial charge in [0, 0.05) is 0 Å². The zero-order chi connectivity index (χ0) is 7.49. The SMILES string of the molecule is CCC(C#N)C(C)(C)C. The molecule has 52 valence electrons. The molecule has 0 radical (unpaired) electrons. The zero-order valence-electron chi connectivity index (χ0n) is 6.73. The summed E-state index contributed by atoms with van der Waals surface area (Å²) >= 11 is 0. The van der Waals surface area contributed by atoms with Crippen LogP contribution in [-0.4, -0.2) is 0 Å². The Kier molecular flexibility index (Phi) is 2.70. The molecule has 1 atom stereocenters. The van der Waals surface area contributed by atoms with E-state index >= 15 is 0 Å². The third-order valence-corrected chi connectivity index (χ3v) is 1.61. The van der Waals surface area contributed by atoms with Crippen molar-refractivity contribution in [2.75, 3.05) is 0 Å². The second-order valence-corrected chi connectivity index (χ2v) is 3.46. The first-order valence-electron chi connectivity index (χ1n) is 3.42. The monoisotopic (exact) mass is 125 g/mol. The molecule has 0 aliphatic carbocycles. The average Bonchev–Trinajstić information content (AvgIpc) is 1.65. The molecule has 9 heavy (non-hydrogen) atoms. The van der Waals surface area contributed by atoms with Crippen molar-refractivity contribution in [3.05, 3.63) is 0 Å². The molecule has 0 aliphatic heterocycles. The molecule has 0 fully saturated rings. The van der Waals surface area contributed by atoms with Crippen LogP contribution in [0.3, 0.4) is 0 Å². The third-order valence-electron chi connectivity index (χ3n) is 1.61. The van der Waals surface area contributed by atoms with Crippen molar-refractivity contribution >= 4 is 0 Å². The first-order valence-corrected chi connectivity index (χ1v) is 3.42. The minimum absolute atomic E-state index is 0.156. The maximum absolute atomic E-state index is 8.61. The van der Waals surface area contributed by atoms with E-state index in [2.05, 4.69) is 33.8 Å². The Hall–Kier alpha value is -0.510. The van der Waals surface area contributed by atoms with Crippen LogP contribution < -0.4 is 0 Å². The van der Waals surface area contributed by atoms with Crippen LogP contribution in [0.1, 0.15) is 34.1 Å². The van der Waals surface area contributed by atoms with E-state index < -0.39 is 0 Å². The van der Waals surface area contributed by atoms with Gasteiger partial charge < -0.3 is 0 Å². The predicted octanol–water partition coefficient (Wildman–Crippen LogP) is 2.58. The van der Waals surface area contributed by atoms with Gasteiger partial charge in [-0.1, -0.05) is 27.7 Å². The summed E-state index contributed by atoms with van der Waals surface area (Å²) in [5.41, 5.74) is 0.156. The largest absolute Gasteiger partial charge is 0.198 e. The standard InChI is InChI=1S/C8H15N/c1-5-7(6-9)8(2,3)4/h7H,5H2,1-4H3. The van der Waals surface area contributed by atoms with E-state index in [1.54, 1.807) is 0 Å². The minimum atomic E-state index is 0.156. The van der Waals surface area contributed by atoms with Crippen LogP contribution in [-0.2, 0) is 0 Å². The quantitative estimate of drug-likeness (QED) is 0.528. The van der Waals surface area contributed by atoms with E-state index in [4.69, 9.17) is 5.26 Å². The number of nitriles is 1. The molecule has 0 saturated carbocycles. The summed E-state index contributed by atoms with van der Waals surface area (Å²) in [4.78, 5) is 0. The average molecular weight is 125 g/mol. The molecule has 0 bridgehead atoms. The summed E-state index contributed by atoms with van der Waals surface area (Å²) in [5, 5.41) is 8.61. The lowest BCUT2D eigenvalue weighted by molar-refractivity contribution is 0.293. The highest BCUT2D eigenvalue weighted by molar-refractivity contribution is 4.89. The van der Waals surface area contributed by atoms with Gasteiger partial charge in [-0.05, 0) is 11.8 Å². The van der Waals surface area contributed by atoms with Crippen molar-refractivity contribution in [1.29, 1.82) is 5.26 Å². The van der Waals surface area contributed by atoms with Crippen molar-refractivity contribution in [3.63, 3.8) is 0 Å². The minimum Gasteiger partial charge on any atom is -0.198 e. The second-order valence-electron chi connectivity index (χ2n) is 3.46. The van der Waals surface area contributed by atoms with Crippen LogP contribution >= 0.6 is 0 Å². The van der Waals surface area contributed by atoms with Gasteiger partial charge in [0.15, 0.2) is 0 Å². The Bertz CT molecular complexity index is 114. The van der Waals surface area contributed by atoms with E-state index in [1.807, 2.05) is 0 Å². The molecule has 0 amide bonds. The van der Waals surface area contributed by atoms with Gasteiger partial charge in [0.05, 0.1) is 12.0 Å². The van der Waals surface area contributed by atoms with Gasteiger partial charge in [-0.25, -0.2) is 0 Å². The number of rotatable bonds is 1. The summed E-state index contributed by atoms with van der Waals surface area (Å²) in [7, 11) is 0. The number of hydrogen-bond acceptors (Lipinski definition) is 1. The predicted molar refractivity (Wildman–Crippen MR) is 38.8 cm³/mol. The fourth-order valence-corrected chi connectivity index (χ4v) is 0.897. The Morgan fingerprint density at radius 3 is 1.89 bits per heavy atom. The fraction of sp³-hybridized carbons (Fsp3) is 0.875. The summed E-state index contributed by atoms with van der Waals surface area (Å²) in [6, 6.07) is 2.29. The zero-order valence-corrected chi connectivity index (χ0v) is 6.73. The molecule has 0 aromatic carbocycles. The van der Waals surface area contributed by atoms with Gasteiger partial charge in [0.25, 0.3) is 0 Å². The van der Waals surface area contributed by atoms with Crippen LogP contribution in [0.2, 0.25) is 0 Å². The molecule has 0 aromatic rings. The molecule has 1 unspecified atom stereocenters. The smallest absolute Gasteiger partial charge is 0.0661 e. The van der Waals surface area contributed by atoms with E-state index in [1.165, 1.54) is 0 Å². The van der Waals surface area contributed by atoms with Crippen LogP contribution in [0.4, 0.5) is 0 Å². The van der Waals surface area contributed by atoms with Gasteiger partial charge >= 0.3 is 0 Å². The maximum atomic E-state index is 8.61. The second kappa shape index (κ2) is 2.87. The van der Waals surface area contributed by atoms with Gasteiger partial charge in [0.2, 0.25) is 0 Å². The van der Waals surface area contributed by atoms with Crippen molar-refractivity contribution in [2.45, 2.75) is 34.1 Å². The Balaban J connectivity index is 4.00. The highest BCUT2D eigenvalue weighted by atomic mass is 14.3. The van der Waals surface area contributed by atoms with Crippen molar-refractivity contribution in [2.24, 2.45) is 11.3 Å². The molecule has 0 saturated heterocycles. The van der Waals surface area contributed by atoms with E-state index in [0.717, 1.165) is 6.42 Å². The Morgan fingerprint density at radius 2 is 1.89 bits per heavy atom. The molecule has 1 heteroatoms. The van der Waals surface area contributed by atoms with E-state index in [-0.39, 0.29) is 11.3 Å². The molecular formula is C8H15N. The summed E-state index contributed by atoms with van der Waals surface area (Å²) in [6.07, 6.45) is 0.958. The highest BCUT2D eigenvalue weighted by Gasteiger charge is 2.21. The van der Waals surface area contributed by atoms with E-state index in [9.17, 15) is 0 Å². The Morgan fingerprint density at radius 1 is 1.44 bits per heavy atom. The molecule has 0 aromatic heterocycles. The lowest BCUT2D eigenvalue weighted by Gasteiger charge is -2.22. The van der Waals surface area contributed by atoms with Crippen LogP contribution in [0.5, 0.6) is 0 Å². The molecule has 1 nitrogen and oxygen atoms in total. The molecule has 0 heterocycles. The number of hydrogen-bond donors (Lipinski definition) is 0. The van der Waals surface area contributed by atoms with Gasteiger partial charge in [0.1, 0.15) is 0 Å². The lowest BCUT2D eigenvalue weighted by Crippen LogP contribution is -2.17. The molecule has 0 rings (SSSR count). The van der Waals surface area contributed by atoms with Crippen molar-refractivity contribution in [1.82, 2.24) is 0 Å². The van der Waals surface area contributed by atoms with E-state index in [0.29, 0.717) is 0 Å². The molecule has 0 aliphatic rings. The molecule has 0 spiro atoms. The normalized spacial score (nSPS) is 14.6. The lowest BCUT2D eigenvalue weighted by atomic mass is 9.80.